The lowest BCUT2D eigenvalue weighted by Gasteiger charge is -2.40. The van der Waals surface area contributed by atoms with E-state index in [4.69, 9.17) is 9.47 Å². The van der Waals surface area contributed by atoms with Gasteiger partial charge in [-0.15, -0.1) is 0 Å². The second-order valence-electron chi connectivity index (χ2n) is 14.9. The van der Waals surface area contributed by atoms with Crippen molar-refractivity contribution >= 4 is 35.6 Å². The molecule has 1 saturated heterocycles. The van der Waals surface area contributed by atoms with E-state index in [0.717, 1.165) is 40.9 Å². The van der Waals surface area contributed by atoms with Gasteiger partial charge in [-0.2, -0.15) is 0 Å². The lowest BCUT2D eigenvalue weighted by molar-refractivity contribution is -0.143. The molecule has 11 nitrogen and oxygen atoms in total. The van der Waals surface area contributed by atoms with Crippen molar-refractivity contribution in [2.45, 2.75) is 108 Å². The van der Waals surface area contributed by atoms with Crippen LogP contribution in [-0.2, 0) is 48.8 Å². The van der Waals surface area contributed by atoms with E-state index >= 15 is 0 Å². The first-order valence-electron chi connectivity index (χ1n) is 16.8. The molecule has 7 rings (SSSR count). The van der Waals surface area contributed by atoms with Crippen LogP contribution in [0.5, 0.6) is 0 Å². The van der Waals surface area contributed by atoms with Crippen LogP contribution in [0.4, 0.5) is 19.7 Å². The molecular formula is C36H41FN4O7. The third-order valence-corrected chi connectivity index (χ3v) is 10.4. The predicted octanol–water partition coefficient (Wildman–Crippen LogP) is 5.09. The number of hydrogen-bond acceptors (Lipinski definition) is 7. The van der Waals surface area contributed by atoms with Gasteiger partial charge in [0, 0.05) is 30.3 Å². The molecule has 2 aromatic rings. The van der Waals surface area contributed by atoms with Gasteiger partial charge in [-0.25, -0.2) is 18.9 Å². The van der Waals surface area contributed by atoms with Gasteiger partial charge < -0.3 is 25.0 Å². The number of amides is 5. The number of nitrogens with zero attached hydrogens (tertiary/aromatic N) is 2. The summed E-state index contributed by atoms with van der Waals surface area (Å²) >= 11 is 0. The van der Waals surface area contributed by atoms with E-state index in [1.54, 1.807) is 49.9 Å². The fraction of sp³-hybridized carbons (Fsp3) is 0.528. The number of aryl methyl sites for hydroxylation is 2. The number of imide groups is 1. The number of halogens is 1. The normalized spacial score (nSPS) is 24.3. The van der Waals surface area contributed by atoms with Crippen LogP contribution in [0.2, 0.25) is 0 Å². The Morgan fingerprint density at radius 1 is 0.979 bits per heavy atom. The SMILES string of the molecule is CC(C)(C)OC(=O)NC1(C(=O)Nc2ccc3c(c2)CC[C@]32OC(=O)N(CC(=O)N3Cc4ccc(F)cc4CC[C@H]3C3CC3)C2=O)CCC1. The summed E-state index contributed by atoms with van der Waals surface area (Å²) in [7, 11) is 0. The van der Waals surface area contributed by atoms with E-state index in [0.29, 0.717) is 55.8 Å². The molecule has 3 aliphatic carbocycles. The predicted molar refractivity (Wildman–Crippen MR) is 171 cm³/mol. The lowest BCUT2D eigenvalue weighted by Crippen LogP contribution is -2.61. The summed E-state index contributed by atoms with van der Waals surface area (Å²) < 4.78 is 25.1. The summed E-state index contributed by atoms with van der Waals surface area (Å²) in [4.78, 5) is 69.5. The van der Waals surface area contributed by atoms with Gasteiger partial charge in [0.2, 0.25) is 17.4 Å². The van der Waals surface area contributed by atoms with Crippen molar-refractivity contribution in [2.24, 2.45) is 5.92 Å². The quantitative estimate of drug-likeness (QED) is 0.441. The van der Waals surface area contributed by atoms with Crippen LogP contribution in [0.3, 0.4) is 0 Å². The highest BCUT2D eigenvalue weighted by atomic mass is 19.1. The molecule has 0 aromatic heterocycles. The molecule has 12 heteroatoms. The Morgan fingerprint density at radius 3 is 2.44 bits per heavy atom. The van der Waals surface area contributed by atoms with Gasteiger partial charge >= 0.3 is 12.2 Å². The topological polar surface area (TPSA) is 134 Å². The molecule has 2 N–H and O–H groups in total. The van der Waals surface area contributed by atoms with Crippen molar-refractivity contribution in [3.05, 3.63) is 64.5 Å². The van der Waals surface area contributed by atoms with Gasteiger partial charge in [0.1, 0.15) is 23.5 Å². The maximum Gasteiger partial charge on any atom is 0.418 e. The Morgan fingerprint density at radius 2 is 1.75 bits per heavy atom. The maximum atomic E-state index is 14.0. The second-order valence-corrected chi connectivity index (χ2v) is 14.9. The van der Waals surface area contributed by atoms with Crippen LogP contribution in [-0.4, -0.2) is 63.4 Å². The standard InChI is InChI=1S/C36H41FN4O7/c1-34(2,3)47-32(45)39-35(14-4-15-35)30(43)38-26-10-11-27-23(18-26)13-16-36(27)31(44)41(33(46)48-36)20-29(42)40-19-24-7-9-25(37)17-22(24)8-12-28(40)21-5-6-21/h7,9-11,17-18,21,28H,4-6,8,12-16,19-20H2,1-3H3,(H,38,43)(H,39,45)/t28-,36-/m0/s1. The minimum Gasteiger partial charge on any atom is -0.444 e. The number of benzene rings is 2. The van der Waals surface area contributed by atoms with E-state index in [-0.39, 0.29) is 30.1 Å². The third-order valence-electron chi connectivity index (χ3n) is 10.4. The summed E-state index contributed by atoms with van der Waals surface area (Å²) in [6, 6.07) is 9.67. The molecule has 2 saturated carbocycles. The number of fused-ring (bicyclic) bond motifs is 3. The molecule has 254 valence electrons. The summed E-state index contributed by atoms with van der Waals surface area (Å²) in [5.74, 6) is -1.23. The van der Waals surface area contributed by atoms with E-state index in [2.05, 4.69) is 10.6 Å². The number of carbonyl (C=O) groups is 5. The highest BCUT2D eigenvalue weighted by Crippen LogP contribution is 2.47. The van der Waals surface area contributed by atoms with Crippen molar-refractivity contribution in [1.29, 1.82) is 0 Å². The fourth-order valence-corrected chi connectivity index (χ4v) is 7.63. The lowest BCUT2D eigenvalue weighted by atomic mass is 9.76. The zero-order valence-electron chi connectivity index (χ0n) is 27.5. The summed E-state index contributed by atoms with van der Waals surface area (Å²) in [6.45, 7) is 5.12. The largest absolute Gasteiger partial charge is 0.444 e. The van der Waals surface area contributed by atoms with Gasteiger partial charge in [0.15, 0.2) is 0 Å². The van der Waals surface area contributed by atoms with Gasteiger partial charge in [0.25, 0.3) is 5.91 Å². The molecule has 2 aromatic carbocycles. The van der Waals surface area contributed by atoms with E-state index < -0.39 is 41.4 Å². The molecule has 5 aliphatic rings. The zero-order valence-corrected chi connectivity index (χ0v) is 27.5. The van der Waals surface area contributed by atoms with Crippen LogP contribution in [0.25, 0.3) is 0 Å². The first kappa shape index (κ1) is 32.1. The number of hydrogen-bond donors (Lipinski definition) is 2. The molecule has 0 unspecified atom stereocenters. The van der Waals surface area contributed by atoms with Gasteiger partial charge in [-0.3, -0.25) is 14.4 Å². The highest BCUT2D eigenvalue weighted by Gasteiger charge is 2.59. The molecule has 5 amide bonds. The average Bonchev–Trinajstić information content (AvgIpc) is 3.76. The number of ether oxygens (including phenoxy) is 2. The van der Waals surface area contributed by atoms with Crippen molar-refractivity contribution in [3.8, 4) is 0 Å². The minimum atomic E-state index is -1.54. The number of alkyl carbamates (subject to hydrolysis) is 1. The van der Waals surface area contributed by atoms with Crippen LogP contribution >= 0.6 is 0 Å². The molecule has 48 heavy (non-hydrogen) atoms. The van der Waals surface area contributed by atoms with Gasteiger partial charge in [-0.05, 0) is 119 Å². The first-order valence-corrected chi connectivity index (χ1v) is 16.8. The summed E-state index contributed by atoms with van der Waals surface area (Å²) in [5.41, 5.74) is 0.201. The molecular weight excluding hydrogens is 619 g/mol. The molecule has 2 atom stereocenters. The maximum absolute atomic E-state index is 14.0. The number of rotatable bonds is 6. The molecule has 0 bridgehead atoms. The Kier molecular flexibility index (Phi) is 7.75. The smallest absolute Gasteiger partial charge is 0.418 e. The van der Waals surface area contributed by atoms with E-state index in [9.17, 15) is 28.4 Å². The van der Waals surface area contributed by atoms with Crippen LogP contribution in [0, 0.1) is 11.7 Å². The van der Waals surface area contributed by atoms with E-state index in [1.165, 1.54) is 12.1 Å². The Bertz CT molecular complexity index is 1710. The monoisotopic (exact) mass is 660 g/mol. The number of anilines is 1. The van der Waals surface area contributed by atoms with Crippen LogP contribution < -0.4 is 10.6 Å². The third kappa shape index (κ3) is 5.79. The average molecular weight is 661 g/mol. The van der Waals surface area contributed by atoms with Crippen molar-refractivity contribution in [3.63, 3.8) is 0 Å². The minimum absolute atomic E-state index is 0.0464. The summed E-state index contributed by atoms with van der Waals surface area (Å²) in [6.07, 6.45) is 4.23. The Balaban J connectivity index is 1.05. The molecule has 2 heterocycles. The second kappa shape index (κ2) is 11.6. The van der Waals surface area contributed by atoms with Crippen molar-refractivity contribution in [2.75, 3.05) is 11.9 Å². The van der Waals surface area contributed by atoms with Crippen molar-refractivity contribution < 1.29 is 37.8 Å². The van der Waals surface area contributed by atoms with Crippen molar-refractivity contribution in [1.82, 2.24) is 15.1 Å². The van der Waals surface area contributed by atoms with Crippen LogP contribution in [0.15, 0.2) is 36.4 Å². The van der Waals surface area contributed by atoms with Crippen LogP contribution in [0.1, 0.15) is 88.0 Å². The fourth-order valence-electron chi connectivity index (χ4n) is 7.63. The molecule has 3 fully saturated rings. The van der Waals surface area contributed by atoms with Gasteiger partial charge in [-0.1, -0.05) is 12.1 Å². The number of carbonyl (C=O) groups excluding carboxylic acids is 5. The van der Waals surface area contributed by atoms with E-state index in [1.807, 2.05) is 0 Å². The van der Waals surface area contributed by atoms with Gasteiger partial charge in [0.05, 0.1) is 0 Å². The number of nitrogens with one attached hydrogen (secondary N) is 2. The molecule has 1 spiro atoms. The highest BCUT2D eigenvalue weighted by molar-refractivity contribution is 6.06. The zero-order chi connectivity index (χ0) is 34.0. The first-order chi connectivity index (χ1) is 22.8. The Labute approximate surface area is 278 Å². The molecule has 2 aliphatic heterocycles. The Hall–Kier alpha value is -4.48. The molecule has 0 radical (unpaired) electrons. The summed E-state index contributed by atoms with van der Waals surface area (Å²) in [5, 5.41) is 5.65.